The molecule has 0 aliphatic heterocycles. The van der Waals surface area contributed by atoms with Gasteiger partial charge in [0.15, 0.2) is 22.3 Å². The van der Waals surface area contributed by atoms with Gasteiger partial charge in [-0.25, -0.2) is 4.98 Å². The van der Waals surface area contributed by atoms with Crippen molar-refractivity contribution in [3.63, 3.8) is 0 Å². The topological polar surface area (TPSA) is 82.0 Å². The Bertz CT molecular complexity index is 1490. The van der Waals surface area contributed by atoms with Crippen LogP contribution >= 0.6 is 11.6 Å². The Kier molecular flexibility index (Phi) is 5.32. The number of benzene rings is 3. The lowest BCUT2D eigenvalue weighted by atomic mass is 10.2. The summed E-state index contributed by atoms with van der Waals surface area (Å²) in [5, 5.41) is 4.14. The molecule has 0 saturated heterocycles. The number of halogens is 1. The maximum atomic E-state index is 12.8. The SMILES string of the molecule is COc1cc(-c2nc3ccccc3[nH]2)ccc1Oc1cnn(-c2ccc(C)cc2)c(=O)c1Cl. The van der Waals surface area contributed by atoms with Gasteiger partial charge in [0.1, 0.15) is 5.82 Å². The van der Waals surface area contributed by atoms with E-state index < -0.39 is 5.56 Å². The van der Waals surface area contributed by atoms with Gasteiger partial charge in [-0.15, -0.1) is 0 Å². The molecule has 8 heteroatoms. The van der Waals surface area contributed by atoms with E-state index in [1.165, 1.54) is 10.9 Å². The number of hydrogen-bond donors (Lipinski definition) is 1. The summed E-state index contributed by atoms with van der Waals surface area (Å²) in [6, 6.07) is 20.6. The van der Waals surface area contributed by atoms with E-state index in [0.717, 1.165) is 22.2 Å². The molecular formula is C25H19ClN4O3. The first-order valence-electron chi connectivity index (χ1n) is 10.2. The third-order valence-corrected chi connectivity index (χ3v) is 5.56. The molecule has 0 saturated carbocycles. The van der Waals surface area contributed by atoms with E-state index in [0.29, 0.717) is 23.0 Å². The van der Waals surface area contributed by atoms with E-state index in [9.17, 15) is 4.79 Å². The van der Waals surface area contributed by atoms with E-state index >= 15 is 0 Å². The van der Waals surface area contributed by atoms with Crippen LogP contribution in [0.15, 0.2) is 77.7 Å². The van der Waals surface area contributed by atoms with Gasteiger partial charge >= 0.3 is 0 Å². The number of fused-ring (bicyclic) bond motifs is 1. The van der Waals surface area contributed by atoms with Crippen LogP contribution in [-0.4, -0.2) is 26.9 Å². The van der Waals surface area contributed by atoms with Crippen molar-refractivity contribution in [3.05, 3.63) is 93.9 Å². The molecule has 2 aromatic heterocycles. The highest BCUT2D eigenvalue weighted by atomic mass is 35.5. The summed E-state index contributed by atoms with van der Waals surface area (Å²) in [5.41, 5.74) is 3.87. The number of rotatable bonds is 5. The second-order valence-corrected chi connectivity index (χ2v) is 7.82. The fourth-order valence-corrected chi connectivity index (χ4v) is 3.63. The number of aromatic amines is 1. The van der Waals surface area contributed by atoms with Gasteiger partial charge in [0.25, 0.3) is 5.56 Å². The lowest BCUT2D eigenvalue weighted by Crippen LogP contribution is -2.21. The molecule has 164 valence electrons. The van der Waals surface area contributed by atoms with Crippen LogP contribution in [0, 0.1) is 6.92 Å². The van der Waals surface area contributed by atoms with E-state index in [4.69, 9.17) is 21.1 Å². The van der Waals surface area contributed by atoms with Crippen LogP contribution in [0.1, 0.15) is 5.56 Å². The molecule has 33 heavy (non-hydrogen) atoms. The number of ether oxygens (including phenoxy) is 2. The summed E-state index contributed by atoms with van der Waals surface area (Å²) in [4.78, 5) is 20.7. The molecule has 0 aliphatic carbocycles. The number of hydrogen-bond acceptors (Lipinski definition) is 5. The zero-order valence-corrected chi connectivity index (χ0v) is 18.6. The van der Waals surface area contributed by atoms with Crippen LogP contribution in [-0.2, 0) is 0 Å². The minimum atomic E-state index is -0.476. The smallest absolute Gasteiger partial charge is 0.294 e. The first-order chi connectivity index (χ1) is 16.0. The maximum Gasteiger partial charge on any atom is 0.294 e. The number of nitrogens with one attached hydrogen (secondary N) is 1. The van der Waals surface area contributed by atoms with Crippen molar-refractivity contribution in [1.82, 2.24) is 19.7 Å². The fraction of sp³-hybridized carbons (Fsp3) is 0.0800. The van der Waals surface area contributed by atoms with Crippen molar-refractivity contribution < 1.29 is 9.47 Å². The molecule has 0 amide bonds. The Morgan fingerprint density at radius 1 is 0.970 bits per heavy atom. The van der Waals surface area contributed by atoms with Gasteiger partial charge in [-0.1, -0.05) is 41.4 Å². The summed E-state index contributed by atoms with van der Waals surface area (Å²) in [6.07, 6.45) is 1.41. The molecule has 0 bridgehead atoms. The Morgan fingerprint density at radius 2 is 1.76 bits per heavy atom. The molecule has 5 rings (SSSR count). The van der Waals surface area contributed by atoms with E-state index in [2.05, 4.69) is 15.1 Å². The third-order valence-electron chi connectivity index (χ3n) is 5.21. The number of para-hydroxylation sites is 2. The number of aromatic nitrogens is 4. The van der Waals surface area contributed by atoms with Crippen LogP contribution in [0.4, 0.5) is 0 Å². The standard InChI is InChI=1S/C25H19ClN4O3/c1-15-7-10-17(11-8-15)30-25(31)23(26)22(14-27-30)33-20-12-9-16(13-21(20)32-2)24-28-18-5-3-4-6-19(18)29-24/h3-14H,1-2H3,(H,28,29). The average Bonchev–Trinajstić information content (AvgIpc) is 3.27. The van der Waals surface area contributed by atoms with Crippen LogP contribution < -0.4 is 15.0 Å². The summed E-state index contributed by atoms with van der Waals surface area (Å²) in [5.74, 6) is 1.71. The second-order valence-electron chi connectivity index (χ2n) is 7.45. The maximum absolute atomic E-state index is 12.8. The molecule has 2 heterocycles. The molecule has 1 N–H and O–H groups in total. The predicted octanol–water partition coefficient (Wildman–Crippen LogP) is 5.54. The molecule has 0 aliphatic rings. The highest BCUT2D eigenvalue weighted by Gasteiger charge is 2.16. The summed E-state index contributed by atoms with van der Waals surface area (Å²) in [6.45, 7) is 1.97. The molecule has 0 fully saturated rings. The van der Waals surface area contributed by atoms with E-state index in [-0.39, 0.29) is 10.8 Å². The normalized spacial score (nSPS) is 11.0. The van der Waals surface area contributed by atoms with Gasteiger partial charge in [0, 0.05) is 5.56 Å². The van der Waals surface area contributed by atoms with Crippen LogP contribution in [0.25, 0.3) is 28.1 Å². The van der Waals surface area contributed by atoms with Gasteiger partial charge in [-0.2, -0.15) is 9.78 Å². The summed E-state index contributed by atoms with van der Waals surface area (Å²) >= 11 is 6.34. The van der Waals surface area contributed by atoms with Crippen molar-refractivity contribution in [2.45, 2.75) is 6.92 Å². The predicted molar refractivity (Wildman–Crippen MR) is 128 cm³/mol. The Labute approximate surface area is 194 Å². The lowest BCUT2D eigenvalue weighted by Gasteiger charge is -2.13. The van der Waals surface area contributed by atoms with Crippen LogP contribution in [0.5, 0.6) is 17.2 Å². The van der Waals surface area contributed by atoms with Gasteiger partial charge in [0.05, 0.1) is 30.0 Å². The number of imidazole rings is 1. The third kappa shape index (κ3) is 3.94. The van der Waals surface area contributed by atoms with Crippen molar-refractivity contribution in [2.75, 3.05) is 7.11 Å². The zero-order chi connectivity index (χ0) is 22.9. The number of H-pyrrole nitrogens is 1. The molecule has 7 nitrogen and oxygen atoms in total. The largest absolute Gasteiger partial charge is 0.493 e. The minimum Gasteiger partial charge on any atom is -0.493 e. The van der Waals surface area contributed by atoms with Gasteiger partial charge in [0.2, 0.25) is 0 Å². The van der Waals surface area contributed by atoms with Crippen molar-refractivity contribution in [2.24, 2.45) is 0 Å². The Balaban J connectivity index is 1.47. The highest BCUT2D eigenvalue weighted by Crippen LogP contribution is 2.36. The number of methoxy groups -OCH3 is 1. The van der Waals surface area contributed by atoms with Crippen LogP contribution in [0.3, 0.4) is 0 Å². The van der Waals surface area contributed by atoms with Crippen LogP contribution in [0.2, 0.25) is 5.02 Å². The highest BCUT2D eigenvalue weighted by molar-refractivity contribution is 6.31. The first-order valence-corrected chi connectivity index (χ1v) is 10.6. The Morgan fingerprint density at radius 3 is 2.52 bits per heavy atom. The van der Waals surface area contributed by atoms with Gasteiger partial charge in [-0.05, 0) is 49.4 Å². The first kappa shape index (κ1) is 20.8. The summed E-state index contributed by atoms with van der Waals surface area (Å²) in [7, 11) is 1.54. The minimum absolute atomic E-state index is 0.0750. The number of nitrogens with zero attached hydrogens (tertiary/aromatic N) is 3. The fourth-order valence-electron chi connectivity index (χ4n) is 3.47. The molecule has 0 unspecified atom stereocenters. The van der Waals surface area contributed by atoms with Gasteiger partial charge < -0.3 is 14.5 Å². The van der Waals surface area contributed by atoms with Crippen molar-refractivity contribution in [1.29, 1.82) is 0 Å². The Hall–Kier alpha value is -4.10. The van der Waals surface area contributed by atoms with Crippen molar-refractivity contribution in [3.8, 4) is 34.3 Å². The monoisotopic (exact) mass is 458 g/mol. The summed E-state index contributed by atoms with van der Waals surface area (Å²) < 4.78 is 12.7. The lowest BCUT2D eigenvalue weighted by molar-refractivity contribution is 0.378. The molecule has 3 aromatic carbocycles. The molecule has 0 radical (unpaired) electrons. The second kappa shape index (κ2) is 8.44. The van der Waals surface area contributed by atoms with E-state index in [1.807, 2.05) is 55.5 Å². The number of aryl methyl sites for hydroxylation is 1. The molecule has 5 aromatic rings. The van der Waals surface area contributed by atoms with E-state index in [1.54, 1.807) is 25.3 Å². The molecular weight excluding hydrogens is 440 g/mol. The quantitative estimate of drug-likeness (QED) is 0.374. The van der Waals surface area contributed by atoms with Crippen molar-refractivity contribution >= 4 is 22.6 Å². The zero-order valence-electron chi connectivity index (χ0n) is 17.9. The molecule has 0 atom stereocenters. The van der Waals surface area contributed by atoms with Gasteiger partial charge in [-0.3, -0.25) is 4.79 Å². The average molecular weight is 459 g/mol. The molecule has 0 spiro atoms.